The summed E-state index contributed by atoms with van der Waals surface area (Å²) in [6, 6.07) is 74.1. The molecular formula is C52H34N2O. The van der Waals surface area contributed by atoms with Crippen molar-refractivity contribution in [1.82, 2.24) is 0 Å². The maximum Gasteiger partial charge on any atom is 0.136 e. The SMILES string of the molecule is c1ccc(N(c2ccc(N(c3ccccc3)c3cc4ccccc4c4ccccc34)cc2)c2ccc3ccc4cc5oc6ccccc6c5cc4c3c2)cc1. The van der Waals surface area contributed by atoms with Gasteiger partial charge in [0.2, 0.25) is 0 Å². The molecule has 0 unspecified atom stereocenters. The number of furan rings is 1. The van der Waals surface area contributed by atoms with Gasteiger partial charge in [-0.25, -0.2) is 0 Å². The molecule has 0 saturated heterocycles. The Morgan fingerprint density at radius 1 is 0.255 bits per heavy atom. The second kappa shape index (κ2) is 12.6. The van der Waals surface area contributed by atoms with Gasteiger partial charge >= 0.3 is 0 Å². The molecule has 0 aliphatic carbocycles. The second-order valence-corrected chi connectivity index (χ2v) is 14.2. The summed E-state index contributed by atoms with van der Waals surface area (Å²) in [6.07, 6.45) is 0. The first-order valence-corrected chi connectivity index (χ1v) is 18.8. The van der Waals surface area contributed by atoms with E-state index >= 15 is 0 Å². The molecule has 1 aromatic heterocycles. The summed E-state index contributed by atoms with van der Waals surface area (Å²) in [6.45, 7) is 0. The van der Waals surface area contributed by atoms with Crippen LogP contribution in [0.4, 0.5) is 34.1 Å². The standard InChI is InChI=1S/C52H34N2O/c1-3-14-38(15-4-1)53(42-26-25-35-23-24-37-32-52-49(34-48(37)47(35)33-42)46-21-11-12-22-51(46)55-52)40-27-29-41(30-28-40)54(39-16-5-2-6-17-39)50-31-36-13-7-8-18-43(36)44-19-9-10-20-45(44)50/h1-34H. The molecule has 0 spiro atoms. The summed E-state index contributed by atoms with van der Waals surface area (Å²) in [7, 11) is 0. The number of benzene rings is 10. The van der Waals surface area contributed by atoms with Crippen molar-refractivity contribution in [3.63, 3.8) is 0 Å². The normalized spacial score (nSPS) is 11.6. The van der Waals surface area contributed by atoms with Crippen LogP contribution >= 0.6 is 0 Å². The van der Waals surface area contributed by atoms with E-state index in [-0.39, 0.29) is 0 Å². The van der Waals surface area contributed by atoms with Gasteiger partial charge in [0.15, 0.2) is 0 Å². The zero-order chi connectivity index (χ0) is 36.3. The molecule has 0 radical (unpaired) electrons. The summed E-state index contributed by atoms with van der Waals surface area (Å²) < 4.78 is 6.26. The van der Waals surface area contributed by atoms with Gasteiger partial charge in [-0.3, -0.25) is 0 Å². The molecule has 11 aromatic rings. The van der Waals surface area contributed by atoms with Gasteiger partial charge in [-0.1, -0.05) is 121 Å². The average Bonchev–Trinajstić information content (AvgIpc) is 3.62. The third kappa shape index (κ3) is 5.20. The number of rotatable bonds is 6. The number of hydrogen-bond donors (Lipinski definition) is 0. The lowest BCUT2D eigenvalue weighted by Crippen LogP contribution is -2.12. The maximum absolute atomic E-state index is 6.26. The third-order valence-corrected chi connectivity index (χ3v) is 11.0. The lowest BCUT2D eigenvalue weighted by Gasteiger charge is -2.29. The zero-order valence-electron chi connectivity index (χ0n) is 29.9. The molecule has 0 bridgehead atoms. The molecular weight excluding hydrogens is 669 g/mol. The highest BCUT2D eigenvalue weighted by Gasteiger charge is 2.19. The summed E-state index contributed by atoms with van der Waals surface area (Å²) in [5.41, 5.74) is 8.44. The van der Waals surface area contributed by atoms with Crippen molar-refractivity contribution in [1.29, 1.82) is 0 Å². The second-order valence-electron chi connectivity index (χ2n) is 14.2. The minimum atomic E-state index is 0.913. The van der Waals surface area contributed by atoms with Crippen LogP contribution in [-0.4, -0.2) is 0 Å². The predicted molar refractivity (Wildman–Crippen MR) is 233 cm³/mol. The van der Waals surface area contributed by atoms with Crippen LogP contribution in [0.1, 0.15) is 0 Å². The Morgan fingerprint density at radius 3 is 1.53 bits per heavy atom. The van der Waals surface area contributed by atoms with Crippen LogP contribution in [0.25, 0.3) is 65.0 Å². The monoisotopic (exact) mass is 702 g/mol. The fourth-order valence-electron chi connectivity index (χ4n) is 8.40. The Hall–Kier alpha value is -7.36. The van der Waals surface area contributed by atoms with Crippen molar-refractivity contribution in [2.75, 3.05) is 9.80 Å². The van der Waals surface area contributed by atoms with Gasteiger partial charge in [0.1, 0.15) is 11.2 Å². The summed E-state index contributed by atoms with van der Waals surface area (Å²) >= 11 is 0. The zero-order valence-corrected chi connectivity index (χ0v) is 29.9. The van der Waals surface area contributed by atoms with Gasteiger partial charge in [-0.2, -0.15) is 0 Å². The van der Waals surface area contributed by atoms with Crippen molar-refractivity contribution in [2.24, 2.45) is 0 Å². The first-order valence-electron chi connectivity index (χ1n) is 18.8. The van der Waals surface area contributed by atoms with E-state index in [2.05, 4.69) is 204 Å². The Kier molecular flexibility index (Phi) is 7.17. The van der Waals surface area contributed by atoms with E-state index in [1.165, 1.54) is 37.7 Å². The van der Waals surface area contributed by atoms with E-state index in [0.29, 0.717) is 0 Å². The number of fused-ring (bicyclic) bond motifs is 9. The van der Waals surface area contributed by atoms with E-state index in [0.717, 1.165) is 61.4 Å². The summed E-state index contributed by atoms with van der Waals surface area (Å²) in [5.74, 6) is 0. The van der Waals surface area contributed by atoms with E-state index in [1.54, 1.807) is 0 Å². The molecule has 1 heterocycles. The molecule has 0 aliphatic heterocycles. The van der Waals surface area contributed by atoms with Crippen LogP contribution in [0.2, 0.25) is 0 Å². The van der Waals surface area contributed by atoms with Gasteiger partial charge in [-0.05, 0) is 123 Å². The van der Waals surface area contributed by atoms with Gasteiger partial charge in [-0.15, -0.1) is 0 Å². The molecule has 3 nitrogen and oxygen atoms in total. The maximum atomic E-state index is 6.26. The van der Waals surface area contributed by atoms with Crippen LogP contribution in [0.5, 0.6) is 0 Å². The Labute approximate surface area is 318 Å². The van der Waals surface area contributed by atoms with Gasteiger partial charge in [0.25, 0.3) is 0 Å². The van der Waals surface area contributed by atoms with Crippen LogP contribution < -0.4 is 9.80 Å². The molecule has 0 amide bonds. The van der Waals surface area contributed by atoms with Crippen molar-refractivity contribution in [3.8, 4) is 0 Å². The number of hydrogen-bond acceptors (Lipinski definition) is 3. The van der Waals surface area contributed by atoms with Gasteiger partial charge < -0.3 is 14.2 Å². The molecule has 0 N–H and O–H groups in total. The molecule has 0 atom stereocenters. The minimum Gasteiger partial charge on any atom is -0.456 e. The molecule has 10 aromatic carbocycles. The van der Waals surface area contributed by atoms with Crippen LogP contribution in [0, 0.1) is 0 Å². The first-order chi connectivity index (χ1) is 27.3. The van der Waals surface area contributed by atoms with Crippen molar-refractivity contribution >= 4 is 99.2 Å². The molecule has 3 heteroatoms. The van der Waals surface area contributed by atoms with E-state index < -0.39 is 0 Å². The number of para-hydroxylation sites is 3. The molecule has 258 valence electrons. The minimum absolute atomic E-state index is 0.913. The lowest BCUT2D eigenvalue weighted by atomic mass is 9.98. The molecule has 0 aliphatic rings. The Bertz CT molecular complexity index is 3200. The third-order valence-electron chi connectivity index (χ3n) is 11.0. The molecule has 11 rings (SSSR count). The van der Waals surface area contributed by atoms with Crippen LogP contribution in [0.15, 0.2) is 211 Å². The summed E-state index contributed by atoms with van der Waals surface area (Å²) in [4.78, 5) is 4.74. The topological polar surface area (TPSA) is 19.6 Å². The smallest absolute Gasteiger partial charge is 0.136 e. The molecule has 0 saturated carbocycles. The average molecular weight is 703 g/mol. The predicted octanol–water partition coefficient (Wildman–Crippen LogP) is 15.1. The quantitative estimate of drug-likeness (QED) is 0.161. The lowest BCUT2D eigenvalue weighted by molar-refractivity contribution is 0.669. The van der Waals surface area contributed by atoms with Crippen molar-refractivity contribution in [3.05, 3.63) is 206 Å². The van der Waals surface area contributed by atoms with E-state index in [1.807, 2.05) is 12.1 Å². The van der Waals surface area contributed by atoms with E-state index in [4.69, 9.17) is 4.42 Å². The molecule has 55 heavy (non-hydrogen) atoms. The Balaban J connectivity index is 1.07. The van der Waals surface area contributed by atoms with E-state index in [9.17, 15) is 0 Å². The van der Waals surface area contributed by atoms with Crippen LogP contribution in [0.3, 0.4) is 0 Å². The Morgan fingerprint density at radius 2 is 0.764 bits per heavy atom. The highest BCUT2D eigenvalue weighted by Crippen LogP contribution is 2.44. The van der Waals surface area contributed by atoms with Crippen molar-refractivity contribution in [2.45, 2.75) is 0 Å². The van der Waals surface area contributed by atoms with Crippen molar-refractivity contribution < 1.29 is 4.42 Å². The van der Waals surface area contributed by atoms with Gasteiger partial charge in [0.05, 0.1) is 5.69 Å². The highest BCUT2D eigenvalue weighted by atomic mass is 16.3. The highest BCUT2D eigenvalue weighted by molar-refractivity contribution is 6.17. The van der Waals surface area contributed by atoms with Crippen LogP contribution in [-0.2, 0) is 0 Å². The number of nitrogens with zero attached hydrogens (tertiary/aromatic N) is 2. The summed E-state index contributed by atoms with van der Waals surface area (Å²) in [5, 5.41) is 12.0. The van der Waals surface area contributed by atoms with Gasteiger partial charge in [0, 0.05) is 44.6 Å². The fourth-order valence-corrected chi connectivity index (χ4v) is 8.40. The largest absolute Gasteiger partial charge is 0.456 e. The number of anilines is 6. The molecule has 0 fully saturated rings. The fraction of sp³-hybridized carbons (Fsp3) is 0. The first kappa shape index (κ1) is 31.2.